The van der Waals surface area contributed by atoms with E-state index in [9.17, 15) is 9.59 Å². The summed E-state index contributed by atoms with van der Waals surface area (Å²) in [6.45, 7) is 2.58. The zero-order chi connectivity index (χ0) is 22.2. The molecule has 8 nitrogen and oxygen atoms in total. The minimum atomic E-state index is -0.279. The number of amides is 3. The van der Waals surface area contributed by atoms with E-state index in [0.717, 1.165) is 38.9 Å². The first-order valence-corrected chi connectivity index (χ1v) is 11.1. The molecular weight excluding hydrogens is 410 g/mol. The van der Waals surface area contributed by atoms with E-state index in [0.29, 0.717) is 35.8 Å². The van der Waals surface area contributed by atoms with Gasteiger partial charge in [0.2, 0.25) is 0 Å². The first kappa shape index (κ1) is 22.1. The Hall–Kier alpha value is -3.10. The molecule has 2 aromatic carbocycles. The van der Waals surface area contributed by atoms with E-state index in [1.54, 1.807) is 48.5 Å². The molecule has 2 aliphatic rings. The van der Waals surface area contributed by atoms with Gasteiger partial charge < -0.3 is 30.2 Å². The van der Waals surface area contributed by atoms with Gasteiger partial charge in [-0.3, -0.25) is 4.79 Å². The third-order valence-corrected chi connectivity index (χ3v) is 5.49. The van der Waals surface area contributed by atoms with Crippen LogP contribution in [-0.2, 0) is 9.47 Å². The summed E-state index contributed by atoms with van der Waals surface area (Å²) in [6, 6.07) is 13.7. The molecule has 0 aliphatic carbocycles. The number of nitrogens with one attached hydrogen (secondary N) is 3. The third kappa shape index (κ3) is 6.45. The summed E-state index contributed by atoms with van der Waals surface area (Å²) in [5, 5.41) is 8.44. The largest absolute Gasteiger partial charge is 0.491 e. The molecule has 2 heterocycles. The van der Waals surface area contributed by atoms with E-state index >= 15 is 0 Å². The van der Waals surface area contributed by atoms with Gasteiger partial charge >= 0.3 is 6.03 Å². The quantitative estimate of drug-likeness (QED) is 0.581. The lowest BCUT2D eigenvalue weighted by Gasteiger charge is -2.12. The average Bonchev–Trinajstić information content (AvgIpc) is 3.52. The van der Waals surface area contributed by atoms with E-state index in [4.69, 9.17) is 14.2 Å². The van der Waals surface area contributed by atoms with Crippen LogP contribution in [0.1, 0.15) is 36.0 Å². The Kier molecular flexibility index (Phi) is 7.58. The van der Waals surface area contributed by atoms with Crippen LogP contribution in [0.2, 0.25) is 0 Å². The molecule has 2 unspecified atom stereocenters. The molecule has 0 spiro atoms. The second-order valence-corrected chi connectivity index (χ2v) is 7.97. The highest BCUT2D eigenvalue weighted by Crippen LogP contribution is 2.18. The molecule has 2 aliphatic heterocycles. The maximum Gasteiger partial charge on any atom is 0.319 e. The standard InChI is InChI=1S/C24H29N3O5/c28-23(17-5-11-20(12-6-17)32-16-22-4-2-14-31-22)26-18-7-9-19(10-8-18)27-24(29)25-15-21-3-1-13-30-21/h5-12,21-22H,1-4,13-16H2,(H,26,28)(H2,25,27,29). The minimum absolute atomic E-state index is 0.0975. The van der Waals surface area contributed by atoms with Crippen molar-refractivity contribution >= 4 is 23.3 Å². The van der Waals surface area contributed by atoms with Crippen LogP contribution in [0, 0.1) is 0 Å². The predicted molar refractivity (Wildman–Crippen MR) is 121 cm³/mol. The SMILES string of the molecule is O=C(NCC1CCCO1)Nc1ccc(NC(=O)c2ccc(OCC3CCCO3)cc2)cc1. The van der Waals surface area contributed by atoms with Crippen molar-refractivity contribution in [2.24, 2.45) is 0 Å². The van der Waals surface area contributed by atoms with Crippen LogP contribution in [0.4, 0.5) is 16.2 Å². The Labute approximate surface area is 187 Å². The monoisotopic (exact) mass is 439 g/mol. The van der Waals surface area contributed by atoms with Crippen LogP contribution >= 0.6 is 0 Å². The summed E-state index contributed by atoms with van der Waals surface area (Å²) >= 11 is 0. The zero-order valence-corrected chi connectivity index (χ0v) is 18.0. The van der Waals surface area contributed by atoms with Crippen LogP contribution in [-0.4, -0.2) is 50.5 Å². The maximum absolute atomic E-state index is 12.5. The number of carbonyl (C=O) groups is 2. The van der Waals surface area contributed by atoms with Gasteiger partial charge in [0.1, 0.15) is 12.4 Å². The van der Waals surface area contributed by atoms with Crippen molar-refractivity contribution in [3.8, 4) is 5.75 Å². The fourth-order valence-electron chi connectivity index (χ4n) is 3.69. The summed E-state index contributed by atoms with van der Waals surface area (Å²) in [7, 11) is 0. The van der Waals surface area contributed by atoms with Crippen LogP contribution in [0.3, 0.4) is 0 Å². The maximum atomic E-state index is 12.5. The molecule has 8 heteroatoms. The number of rotatable bonds is 8. The van der Waals surface area contributed by atoms with Gasteiger partial charge in [-0.2, -0.15) is 0 Å². The summed E-state index contributed by atoms with van der Waals surface area (Å²) in [5.41, 5.74) is 1.81. The Bertz CT molecular complexity index is 889. The van der Waals surface area contributed by atoms with E-state index in [1.165, 1.54) is 0 Å². The normalized spacial score (nSPS) is 20.0. The lowest BCUT2D eigenvalue weighted by molar-refractivity contribution is 0.0679. The molecule has 0 bridgehead atoms. The zero-order valence-electron chi connectivity index (χ0n) is 18.0. The van der Waals surface area contributed by atoms with Crippen LogP contribution in [0.15, 0.2) is 48.5 Å². The molecule has 3 N–H and O–H groups in total. The van der Waals surface area contributed by atoms with Crippen molar-refractivity contribution in [1.29, 1.82) is 0 Å². The van der Waals surface area contributed by atoms with Gasteiger partial charge in [-0.1, -0.05) is 0 Å². The van der Waals surface area contributed by atoms with E-state index in [-0.39, 0.29) is 24.1 Å². The molecule has 2 atom stereocenters. The molecule has 0 saturated carbocycles. The lowest BCUT2D eigenvalue weighted by atomic mass is 10.2. The van der Waals surface area contributed by atoms with E-state index in [1.807, 2.05) is 0 Å². The van der Waals surface area contributed by atoms with Crippen molar-refractivity contribution in [1.82, 2.24) is 5.32 Å². The highest BCUT2D eigenvalue weighted by molar-refractivity contribution is 6.04. The first-order valence-electron chi connectivity index (χ1n) is 11.1. The second-order valence-electron chi connectivity index (χ2n) is 7.97. The molecule has 3 amide bonds. The molecular formula is C24H29N3O5. The molecule has 0 aromatic heterocycles. The number of ether oxygens (including phenoxy) is 3. The minimum Gasteiger partial charge on any atom is -0.491 e. The van der Waals surface area contributed by atoms with E-state index in [2.05, 4.69) is 16.0 Å². The molecule has 0 radical (unpaired) electrons. The highest BCUT2D eigenvalue weighted by Gasteiger charge is 2.17. The van der Waals surface area contributed by atoms with Crippen LogP contribution in [0.25, 0.3) is 0 Å². The van der Waals surface area contributed by atoms with Crippen molar-refractivity contribution in [2.75, 3.05) is 37.0 Å². The Balaban J connectivity index is 1.21. The topological polar surface area (TPSA) is 97.9 Å². The predicted octanol–water partition coefficient (Wildman–Crippen LogP) is 3.80. The second kappa shape index (κ2) is 11.0. The summed E-state index contributed by atoms with van der Waals surface area (Å²) in [6.07, 6.45) is 4.36. The van der Waals surface area contributed by atoms with Gasteiger partial charge in [-0.05, 0) is 74.2 Å². The number of urea groups is 1. The number of hydrogen-bond donors (Lipinski definition) is 3. The Morgan fingerprint density at radius 1 is 0.844 bits per heavy atom. The third-order valence-electron chi connectivity index (χ3n) is 5.49. The molecule has 170 valence electrons. The molecule has 2 aromatic rings. The fourth-order valence-corrected chi connectivity index (χ4v) is 3.69. The fraction of sp³-hybridized carbons (Fsp3) is 0.417. The molecule has 4 rings (SSSR count). The Morgan fingerprint density at radius 3 is 2.09 bits per heavy atom. The molecule has 32 heavy (non-hydrogen) atoms. The van der Waals surface area contributed by atoms with Gasteiger partial charge in [-0.15, -0.1) is 0 Å². The van der Waals surface area contributed by atoms with Gasteiger partial charge in [0.25, 0.3) is 5.91 Å². The average molecular weight is 440 g/mol. The van der Waals surface area contributed by atoms with Crippen LogP contribution < -0.4 is 20.7 Å². The molecule has 2 fully saturated rings. The van der Waals surface area contributed by atoms with Crippen molar-refractivity contribution in [2.45, 2.75) is 37.9 Å². The summed E-state index contributed by atoms with van der Waals surface area (Å²) in [5.74, 6) is 0.496. The van der Waals surface area contributed by atoms with Crippen LogP contribution in [0.5, 0.6) is 5.75 Å². The van der Waals surface area contributed by atoms with E-state index < -0.39 is 0 Å². The van der Waals surface area contributed by atoms with Gasteiger partial charge in [0.05, 0.1) is 12.2 Å². The van der Waals surface area contributed by atoms with Crippen molar-refractivity contribution in [3.63, 3.8) is 0 Å². The van der Waals surface area contributed by atoms with Crippen molar-refractivity contribution in [3.05, 3.63) is 54.1 Å². The molecule has 2 saturated heterocycles. The van der Waals surface area contributed by atoms with Gasteiger partial charge in [-0.25, -0.2) is 4.79 Å². The smallest absolute Gasteiger partial charge is 0.319 e. The number of hydrogen-bond acceptors (Lipinski definition) is 5. The summed E-state index contributed by atoms with van der Waals surface area (Å²) in [4.78, 5) is 24.5. The van der Waals surface area contributed by atoms with Crippen molar-refractivity contribution < 1.29 is 23.8 Å². The van der Waals surface area contributed by atoms with Gasteiger partial charge in [0, 0.05) is 36.7 Å². The lowest BCUT2D eigenvalue weighted by Crippen LogP contribution is -2.35. The number of anilines is 2. The highest BCUT2D eigenvalue weighted by atomic mass is 16.5. The summed E-state index contributed by atoms with van der Waals surface area (Å²) < 4.78 is 16.8. The first-order chi connectivity index (χ1) is 15.7. The Morgan fingerprint density at radius 2 is 1.47 bits per heavy atom. The van der Waals surface area contributed by atoms with Gasteiger partial charge in [0.15, 0.2) is 0 Å². The number of carbonyl (C=O) groups excluding carboxylic acids is 2. The number of benzene rings is 2.